The zero-order chi connectivity index (χ0) is 12.3. The number of aryl methyl sites for hydroxylation is 1. The second kappa shape index (κ2) is 5.78. The Morgan fingerprint density at radius 2 is 2.35 bits per heavy atom. The van der Waals surface area contributed by atoms with E-state index < -0.39 is 0 Å². The van der Waals surface area contributed by atoms with Gasteiger partial charge in [-0.3, -0.25) is 0 Å². The van der Waals surface area contributed by atoms with Crippen molar-refractivity contribution < 1.29 is 5.11 Å². The Labute approximate surface area is 108 Å². The van der Waals surface area contributed by atoms with Gasteiger partial charge in [-0.2, -0.15) is 11.8 Å². The minimum atomic E-state index is 0.389. The van der Waals surface area contributed by atoms with Crippen LogP contribution < -0.4 is 5.32 Å². The van der Waals surface area contributed by atoms with Crippen LogP contribution in [0.15, 0.2) is 18.2 Å². The van der Waals surface area contributed by atoms with Gasteiger partial charge >= 0.3 is 0 Å². The molecule has 94 valence electrons. The molecule has 2 unspecified atom stereocenters. The van der Waals surface area contributed by atoms with Crippen LogP contribution in [-0.4, -0.2) is 23.7 Å². The minimum Gasteiger partial charge on any atom is -0.508 e. The maximum atomic E-state index is 9.45. The molecule has 0 spiro atoms. The van der Waals surface area contributed by atoms with E-state index in [2.05, 4.69) is 24.6 Å². The van der Waals surface area contributed by atoms with Crippen molar-refractivity contribution in [3.63, 3.8) is 0 Å². The Kier molecular flexibility index (Phi) is 4.35. The molecule has 1 aliphatic carbocycles. The van der Waals surface area contributed by atoms with Gasteiger partial charge in [0.1, 0.15) is 5.75 Å². The highest BCUT2D eigenvalue weighted by atomic mass is 32.2. The molecule has 3 heteroatoms. The minimum absolute atomic E-state index is 0.389. The summed E-state index contributed by atoms with van der Waals surface area (Å²) < 4.78 is 0. The number of nitrogens with one attached hydrogen (secondary N) is 1. The molecule has 1 aromatic carbocycles. The number of rotatable bonds is 5. The van der Waals surface area contributed by atoms with E-state index >= 15 is 0 Å². The summed E-state index contributed by atoms with van der Waals surface area (Å²) in [5, 5.41) is 13.1. The summed E-state index contributed by atoms with van der Waals surface area (Å²) in [5.41, 5.74) is 2.68. The van der Waals surface area contributed by atoms with E-state index in [9.17, 15) is 5.11 Å². The first-order valence-corrected chi connectivity index (χ1v) is 7.64. The fourth-order valence-electron chi connectivity index (χ4n) is 2.50. The van der Waals surface area contributed by atoms with Crippen LogP contribution in [0.3, 0.4) is 0 Å². The number of fused-ring (bicyclic) bond motifs is 1. The van der Waals surface area contributed by atoms with Crippen LogP contribution in [0.4, 0.5) is 0 Å². The van der Waals surface area contributed by atoms with Crippen LogP contribution >= 0.6 is 11.8 Å². The maximum Gasteiger partial charge on any atom is 0.115 e. The van der Waals surface area contributed by atoms with Gasteiger partial charge in [-0.25, -0.2) is 0 Å². The van der Waals surface area contributed by atoms with Crippen LogP contribution in [0.5, 0.6) is 5.75 Å². The number of thioether (sulfide) groups is 1. The molecule has 0 saturated heterocycles. The second-order valence-corrected chi connectivity index (χ2v) is 5.85. The number of hydrogen-bond acceptors (Lipinski definition) is 3. The third kappa shape index (κ3) is 3.17. The van der Waals surface area contributed by atoms with E-state index in [1.165, 1.54) is 16.9 Å². The van der Waals surface area contributed by atoms with Gasteiger partial charge in [0.15, 0.2) is 0 Å². The lowest BCUT2D eigenvalue weighted by Gasteiger charge is -2.17. The summed E-state index contributed by atoms with van der Waals surface area (Å²) in [5.74, 6) is 2.31. The lowest BCUT2D eigenvalue weighted by atomic mass is 10.1. The highest BCUT2D eigenvalue weighted by Crippen LogP contribution is 2.33. The van der Waals surface area contributed by atoms with E-state index in [4.69, 9.17) is 0 Å². The van der Waals surface area contributed by atoms with Gasteiger partial charge in [-0.05, 0) is 60.6 Å². The molecular formula is C14H21NOS. The lowest BCUT2D eigenvalue weighted by Crippen LogP contribution is -2.25. The highest BCUT2D eigenvalue weighted by molar-refractivity contribution is 7.98. The molecule has 0 aliphatic heterocycles. The molecular weight excluding hydrogens is 230 g/mol. The SMILES string of the molecule is CSCC(C)CNC1CCc2cc(O)ccc21. The van der Waals surface area contributed by atoms with E-state index in [1.54, 1.807) is 6.07 Å². The van der Waals surface area contributed by atoms with Crippen molar-refractivity contribution in [1.82, 2.24) is 5.32 Å². The lowest BCUT2D eigenvalue weighted by molar-refractivity contribution is 0.472. The van der Waals surface area contributed by atoms with Gasteiger partial charge in [-0.1, -0.05) is 13.0 Å². The molecule has 0 aromatic heterocycles. The largest absolute Gasteiger partial charge is 0.508 e. The van der Waals surface area contributed by atoms with Crippen molar-refractivity contribution in [1.29, 1.82) is 0 Å². The van der Waals surface area contributed by atoms with Crippen molar-refractivity contribution >= 4 is 11.8 Å². The third-order valence-corrected chi connectivity index (χ3v) is 4.27. The van der Waals surface area contributed by atoms with Crippen LogP contribution in [0.2, 0.25) is 0 Å². The molecule has 0 saturated carbocycles. The fraction of sp³-hybridized carbons (Fsp3) is 0.571. The molecule has 0 heterocycles. The van der Waals surface area contributed by atoms with Crippen molar-refractivity contribution in [2.24, 2.45) is 5.92 Å². The zero-order valence-electron chi connectivity index (χ0n) is 10.6. The summed E-state index contributed by atoms with van der Waals surface area (Å²) in [4.78, 5) is 0. The second-order valence-electron chi connectivity index (χ2n) is 4.94. The Bertz CT molecular complexity index is 380. The van der Waals surface area contributed by atoms with Crippen LogP contribution in [-0.2, 0) is 6.42 Å². The van der Waals surface area contributed by atoms with Gasteiger partial charge in [0.25, 0.3) is 0 Å². The number of benzene rings is 1. The average molecular weight is 251 g/mol. The Balaban J connectivity index is 1.93. The molecule has 0 fully saturated rings. The Morgan fingerprint density at radius 1 is 1.53 bits per heavy atom. The van der Waals surface area contributed by atoms with E-state index in [0.717, 1.165) is 19.4 Å². The predicted molar refractivity (Wildman–Crippen MR) is 74.7 cm³/mol. The summed E-state index contributed by atoms with van der Waals surface area (Å²) in [7, 11) is 0. The number of phenolic OH excluding ortho intramolecular Hbond substituents is 1. The van der Waals surface area contributed by atoms with Crippen LogP contribution in [0, 0.1) is 5.92 Å². The maximum absolute atomic E-state index is 9.45. The number of phenols is 1. The van der Waals surface area contributed by atoms with Crippen LogP contribution in [0.25, 0.3) is 0 Å². The summed E-state index contributed by atoms with van der Waals surface area (Å²) in [6, 6.07) is 6.25. The van der Waals surface area contributed by atoms with Gasteiger partial charge in [-0.15, -0.1) is 0 Å². The number of aromatic hydroxyl groups is 1. The number of hydrogen-bond donors (Lipinski definition) is 2. The molecule has 0 radical (unpaired) electrons. The monoisotopic (exact) mass is 251 g/mol. The highest BCUT2D eigenvalue weighted by Gasteiger charge is 2.22. The van der Waals surface area contributed by atoms with Crippen LogP contribution in [0.1, 0.15) is 30.5 Å². The summed E-state index contributed by atoms with van der Waals surface area (Å²) in [6.07, 6.45) is 4.40. The molecule has 17 heavy (non-hydrogen) atoms. The van der Waals surface area contributed by atoms with Crippen molar-refractivity contribution in [3.05, 3.63) is 29.3 Å². The molecule has 2 atom stereocenters. The molecule has 2 nitrogen and oxygen atoms in total. The zero-order valence-corrected chi connectivity index (χ0v) is 11.4. The van der Waals surface area contributed by atoms with Crippen molar-refractivity contribution in [2.75, 3.05) is 18.6 Å². The quantitative estimate of drug-likeness (QED) is 0.844. The molecule has 2 N–H and O–H groups in total. The normalized spacial score (nSPS) is 20.2. The molecule has 1 aliphatic rings. The molecule has 0 amide bonds. The molecule has 0 bridgehead atoms. The van der Waals surface area contributed by atoms with Gasteiger partial charge in [0.2, 0.25) is 0 Å². The first kappa shape index (κ1) is 12.8. The molecule has 1 aromatic rings. The van der Waals surface area contributed by atoms with E-state index in [1.807, 2.05) is 17.8 Å². The predicted octanol–water partition coefficient (Wildman–Crippen LogP) is 2.97. The van der Waals surface area contributed by atoms with Crippen molar-refractivity contribution in [3.8, 4) is 5.75 Å². The summed E-state index contributed by atoms with van der Waals surface area (Å²) >= 11 is 1.91. The fourth-order valence-corrected chi connectivity index (χ4v) is 3.19. The smallest absolute Gasteiger partial charge is 0.115 e. The van der Waals surface area contributed by atoms with E-state index in [-0.39, 0.29) is 0 Å². The van der Waals surface area contributed by atoms with E-state index in [0.29, 0.717) is 17.7 Å². The first-order chi connectivity index (χ1) is 8.20. The summed E-state index contributed by atoms with van der Waals surface area (Å²) in [6.45, 7) is 3.36. The van der Waals surface area contributed by atoms with Gasteiger partial charge in [0.05, 0.1) is 0 Å². The van der Waals surface area contributed by atoms with Gasteiger partial charge in [0, 0.05) is 6.04 Å². The Morgan fingerprint density at radius 3 is 3.12 bits per heavy atom. The van der Waals surface area contributed by atoms with Gasteiger partial charge < -0.3 is 10.4 Å². The first-order valence-electron chi connectivity index (χ1n) is 6.25. The third-order valence-electron chi connectivity index (χ3n) is 3.37. The topological polar surface area (TPSA) is 32.3 Å². The van der Waals surface area contributed by atoms with Crippen molar-refractivity contribution in [2.45, 2.75) is 25.8 Å². The standard InChI is InChI=1S/C14H21NOS/c1-10(9-17-2)8-15-14-6-3-11-7-12(16)4-5-13(11)14/h4-5,7,10,14-16H,3,6,8-9H2,1-2H3. The Hall–Kier alpha value is -0.670. The molecule has 2 rings (SSSR count). The average Bonchev–Trinajstić information content (AvgIpc) is 2.69.